The van der Waals surface area contributed by atoms with E-state index in [0.29, 0.717) is 21.3 Å². The molecule has 0 radical (unpaired) electrons. The second kappa shape index (κ2) is 5.70. The van der Waals surface area contributed by atoms with E-state index in [0.717, 1.165) is 6.26 Å². The van der Waals surface area contributed by atoms with Gasteiger partial charge < -0.3 is 5.73 Å². The Kier molecular flexibility index (Phi) is 4.74. The van der Waals surface area contributed by atoms with Crippen molar-refractivity contribution in [3.05, 3.63) is 28.8 Å². The molecule has 9 heteroatoms. The van der Waals surface area contributed by atoms with Gasteiger partial charge in [-0.15, -0.1) is 0 Å². The maximum atomic E-state index is 11.0. The first-order chi connectivity index (χ1) is 8.19. The summed E-state index contributed by atoms with van der Waals surface area (Å²) in [5, 5.41) is 10.1. The Morgan fingerprint density at radius 2 is 2.22 bits per heavy atom. The number of sulfonamides is 1. The second-order valence-corrected chi connectivity index (χ2v) is 6.15. The van der Waals surface area contributed by atoms with Crippen LogP contribution in [0.25, 0.3) is 0 Å². The number of benzene rings is 1. The third kappa shape index (κ3) is 4.65. The lowest BCUT2D eigenvalue weighted by atomic mass is 10.2. The summed E-state index contributed by atoms with van der Waals surface area (Å²) in [6.45, 7) is 0.0212. The third-order valence-corrected chi connectivity index (χ3v) is 3.10. The fraction of sp³-hybridized carbons (Fsp3) is 0.222. The molecule has 0 aliphatic carbocycles. The molecule has 0 aliphatic heterocycles. The van der Waals surface area contributed by atoms with Crippen LogP contribution in [0.4, 0.5) is 5.69 Å². The Bertz CT molecular complexity index is 562. The smallest absolute Gasteiger partial charge is 0.229 e. The number of nitrogens with one attached hydrogen (secondary N) is 1. The quantitative estimate of drug-likeness (QED) is 0.570. The summed E-state index contributed by atoms with van der Waals surface area (Å²) in [6, 6.07) is 4.53. The van der Waals surface area contributed by atoms with Gasteiger partial charge in [0.05, 0.1) is 12.8 Å². The van der Waals surface area contributed by atoms with E-state index in [-0.39, 0.29) is 11.7 Å². The number of hydrogen-bond acceptors (Lipinski definition) is 4. The predicted molar refractivity (Wildman–Crippen MR) is 74.0 cm³/mol. The lowest BCUT2D eigenvalue weighted by Crippen LogP contribution is -2.31. The van der Waals surface area contributed by atoms with Crippen LogP contribution >= 0.6 is 23.8 Å². The van der Waals surface area contributed by atoms with Gasteiger partial charge in [-0.2, -0.15) is 0 Å². The number of nitrogens with two attached hydrogens (primary N) is 1. The number of thiocarbonyl (C=S) groups is 1. The maximum absolute atomic E-state index is 11.0. The summed E-state index contributed by atoms with van der Waals surface area (Å²) in [6.07, 6.45) is 1.04. The van der Waals surface area contributed by atoms with Crippen LogP contribution in [0.3, 0.4) is 0 Å². The maximum Gasteiger partial charge on any atom is 0.229 e. The summed E-state index contributed by atoms with van der Waals surface area (Å²) in [5.74, 6) is 0. The summed E-state index contributed by atoms with van der Waals surface area (Å²) >= 11 is 10.5. The van der Waals surface area contributed by atoms with Crippen molar-refractivity contribution < 1.29 is 13.6 Å². The Balaban J connectivity index is 2.90. The summed E-state index contributed by atoms with van der Waals surface area (Å²) < 4.78 is 24.3. The van der Waals surface area contributed by atoms with E-state index in [2.05, 4.69) is 16.9 Å². The first-order valence-electron chi connectivity index (χ1n) is 4.71. The van der Waals surface area contributed by atoms with Crippen LogP contribution in [0.1, 0.15) is 5.56 Å². The molecule has 0 spiro atoms. The van der Waals surface area contributed by atoms with Crippen LogP contribution in [-0.4, -0.2) is 30.1 Å². The Morgan fingerprint density at radius 1 is 1.61 bits per heavy atom. The number of anilines is 1. The fourth-order valence-electron chi connectivity index (χ4n) is 1.19. The minimum absolute atomic E-state index is 0.0212. The van der Waals surface area contributed by atoms with Gasteiger partial charge in [0.15, 0.2) is 5.11 Å². The van der Waals surface area contributed by atoms with Crippen LogP contribution in [0.2, 0.25) is 5.02 Å². The molecular formula is C9H12ClN3O3S2. The average molecular weight is 310 g/mol. The van der Waals surface area contributed by atoms with Crippen molar-refractivity contribution >= 4 is 44.6 Å². The lowest BCUT2D eigenvalue weighted by molar-refractivity contribution is -0.0211. The van der Waals surface area contributed by atoms with Gasteiger partial charge in [0, 0.05) is 10.7 Å². The molecule has 18 heavy (non-hydrogen) atoms. The zero-order chi connectivity index (χ0) is 13.9. The molecule has 0 saturated heterocycles. The van der Waals surface area contributed by atoms with E-state index in [1.807, 2.05) is 0 Å². The zero-order valence-electron chi connectivity index (χ0n) is 9.42. The molecular weight excluding hydrogens is 298 g/mol. The van der Waals surface area contributed by atoms with Crippen LogP contribution in [0.5, 0.6) is 0 Å². The lowest BCUT2D eigenvalue weighted by Gasteiger charge is -2.15. The highest BCUT2D eigenvalue weighted by atomic mass is 35.5. The summed E-state index contributed by atoms with van der Waals surface area (Å²) in [5.41, 5.74) is 6.12. The Hall–Kier alpha value is -1.09. The van der Waals surface area contributed by atoms with Crippen molar-refractivity contribution in [1.29, 1.82) is 0 Å². The van der Waals surface area contributed by atoms with Crippen molar-refractivity contribution in [3.8, 4) is 0 Å². The van der Waals surface area contributed by atoms with Crippen LogP contribution < -0.4 is 10.5 Å². The zero-order valence-corrected chi connectivity index (χ0v) is 11.8. The van der Waals surface area contributed by atoms with E-state index >= 15 is 0 Å². The number of hydroxylamine groups is 2. The van der Waals surface area contributed by atoms with Crippen molar-refractivity contribution in [3.63, 3.8) is 0 Å². The SMILES string of the molecule is CS(=O)(=O)Nc1ccc(CN(O)C(N)=S)c(Cl)c1. The third-order valence-electron chi connectivity index (χ3n) is 1.93. The Morgan fingerprint density at radius 3 is 2.67 bits per heavy atom. The number of rotatable bonds is 4. The minimum atomic E-state index is -3.35. The molecule has 0 saturated carbocycles. The first kappa shape index (κ1) is 15.0. The molecule has 0 heterocycles. The monoisotopic (exact) mass is 309 g/mol. The highest BCUT2D eigenvalue weighted by Crippen LogP contribution is 2.22. The molecule has 6 nitrogen and oxygen atoms in total. The summed E-state index contributed by atoms with van der Waals surface area (Å²) in [7, 11) is -3.35. The topological polar surface area (TPSA) is 95.7 Å². The van der Waals surface area contributed by atoms with Crippen LogP contribution in [0.15, 0.2) is 18.2 Å². The molecule has 4 N–H and O–H groups in total. The number of halogens is 1. The normalized spacial score (nSPS) is 11.1. The van der Waals surface area contributed by atoms with E-state index in [4.69, 9.17) is 17.3 Å². The molecule has 0 amide bonds. The van der Waals surface area contributed by atoms with Gasteiger partial charge in [-0.25, -0.2) is 13.5 Å². The Labute approximate surface area is 115 Å². The van der Waals surface area contributed by atoms with Gasteiger partial charge in [0.2, 0.25) is 10.0 Å². The highest BCUT2D eigenvalue weighted by molar-refractivity contribution is 7.92. The minimum Gasteiger partial charge on any atom is -0.374 e. The molecule has 1 aromatic rings. The van der Waals surface area contributed by atoms with Gasteiger partial charge in [0.1, 0.15) is 0 Å². The van der Waals surface area contributed by atoms with Crippen LogP contribution in [-0.2, 0) is 16.6 Å². The first-order valence-corrected chi connectivity index (χ1v) is 7.39. The molecule has 1 rings (SSSR count). The van der Waals surface area contributed by atoms with Crippen molar-refractivity contribution in [2.45, 2.75) is 6.54 Å². The molecule has 0 fully saturated rings. The molecule has 0 atom stereocenters. The summed E-state index contributed by atoms with van der Waals surface area (Å²) in [4.78, 5) is 0. The second-order valence-electron chi connectivity index (χ2n) is 3.58. The van der Waals surface area contributed by atoms with E-state index in [1.165, 1.54) is 12.1 Å². The van der Waals surface area contributed by atoms with Gasteiger partial charge in [0.25, 0.3) is 0 Å². The average Bonchev–Trinajstić information content (AvgIpc) is 2.19. The predicted octanol–water partition coefficient (Wildman–Crippen LogP) is 1.15. The number of nitrogens with zero attached hydrogens (tertiary/aromatic N) is 1. The van der Waals surface area contributed by atoms with Gasteiger partial charge in [-0.3, -0.25) is 9.93 Å². The fourth-order valence-corrected chi connectivity index (χ4v) is 2.05. The molecule has 1 aromatic carbocycles. The van der Waals surface area contributed by atoms with Gasteiger partial charge in [-0.05, 0) is 29.9 Å². The van der Waals surface area contributed by atoms with Crippen molar-refractivity contribution in [2.75, 3.05) is 11.0 Å². The van der Waals surface area contributed by atoms with Crippen LogP contribution in [0, 0.1) is 0 Å². The van der Waals surface area contributed by atoms with Gasteiger partial charge in [-0.1, -0.05) is 17.7 Å². The molecule has 0 aromatic heterocycles. The van der Waals surface area contributed by atoms with E-state index in [9.17, 15) is 13.6 Å². The van der Waals surface area contributed by atoms with Crippen molar-refractivity contribution in [1.82, 2.24) is 5.06 Å². The molecule has 0 unspecified atom stereocenters. The molecule has 100 valence electrons. The number of hydrogen-bond donors (Lipinski definition) is 3. The van der Waals surface area contributed by atoms with Gasteiger partial charge >= 0.3 is 0 Å². The van der Waals surface area contributed by atoms with E-state index in [1.54, 1.807) is 6.07 Å². The molecule has 0 aliphatic rings. The van der Waals surface area contributed by atoms with E-state index < -0.39 is 10.0 Å². The molecule has 0 bridgehead atoms. The highest BCUT2D eigenvalue weighted by Gasteiger charge is 2.09. The van der Waals surface area contributed by atoms with Crippen molar-refractivity contribution in [2.24, 2.45) is 5.73 Å². The standard InChI is InChI=1S/C9H12ClN3O3S2/c1-18(15,16)12-7-3-2-6(8(10)4-7)5-13(14)9(11)17/h2-4,12,14H,5H2,1H3,(H2,11,17). The largest absolute Gasteiger partial charge is 0.374 e.